The number of benzene rings is 2. The summed E-state index contributed by atoms with van der Waals surface area (Å²) in [5, 5.41) is 5.57. The zero-order chi connectivity index (χ0) is 44.4. The van der Waals surface area contributed by atoms with Crippen molar-refractivity contribution in [1.82, 2.24) is 25.2 Å². The third kappa shape index (κ3) is 10.7. The molecule has 15 heteroatoms. The van der Waals surface area contributed by atoms with E-state index in [9.17, 15) is 27.6 Å². The fraction of sp³-hybridized carbons (Fsp3) is 0.426. The minimum Gasteiger partial charge on any atom is -0.496 e. The first-order valence-electron chi connectivity index (χ1n) is 21.2. The van der Waals surface area contributed by atoms with Crippen LogP contribution in [-0.2, 0) is 29.1 Å². The van der Waals surface area contributed by atoms with Crippen LogP contribution in [0.1, 0.15) is 76.2 Å². The van der Waals surface area contributed by atoms with Crippen molar-refractivity contribution in [2.24, 2.45) is 5.92 Å². The highest BCUT2D eigenvalue weighted by Crippen LogP contribution is 2.46. The van der Waals surface area contributed by atoms with Gasteiger partial charge in [0.15, 0.2) is 0 Å². The monoisotopic (exact) mass is 867 g/mol. The van der Waals surface area contributed by atoms with Gasteiger partial charge in [-0.1, -0.05) is 74.1 Å². The maximum atomic E-state index is 14.8. The maximum absolute atomic E-state index is 14.8. The van der Waals surface area contributed by atoms with Crippen molar-refractivity contribution in [2.75, 3.05) is 20.3 Å². The van der Waals surface area contributed by atoms with Crippen molar-refractivity contribution in [3.8, 4) is 22.8 Å². The summed E-state index contributed by atoms with van der Waals surface area (Å²) in [5.74, 6) is -1.60. The smallest absolute Gasteiger partial charge is 0.407 e. The van der Waals surface area contributed by atoms with Crippen LogP contribution in [0.25, 0.3) is 28.2 Å². The minimum atomic E-state index is -3.93. The second-order valence-corrected chi connectivity index (χ2v) is 18.0. The molecule has 0 radical (unpaired) electrons. The van der Waals surface area contributed by atoms with Crippen LogP contribution in [0, 0.1) is 5.92 Å². The third-order valence-electron chi connectivity index (χ3n) is 11.6. The van der Waals surface area contributed by atoms with Crippen LogP contribution in [0.4, 0.5) is 4.79 Å². The van der Waals surface area contributed by atoms with Gasteiger partial charge in [0, 0.05) is 41.0 Å². The van der Waals surface area contributed by atoms with Gasteiger partial charge >= 0.3 is 6.09 Å². The van der Waals surface area contributed by atoms with E-state index in [1.807, 2.05) is 48.5 Å². The Hall–Kier alpha value is -5.96. The average Bonchev–Trinajstić information content (AvgIpc) is 4.21. The van der Waals surface area contributed by atoms with Gasteiger partial charge in [0.25, 0.3) is 5.91 Å². The van der Waals surface area contributed by atoms with Gasteiger partial charge in [-0.25, -0.2) is 18.2 Å². The topological polar surface area (TPSA) is 182 Å². The summed E-state index contributed by atoms with van der Waals surface area (Å²) in [5.41, 5.74) is 1.14. The van der Waals surface area contributed by atoms with Crippen LogP contribution in [0.5, 0.6) is 11.5 Å². The van der Waals surface area contributed by atoms with E-state index < -0.39 is 68.7 Å². The SMILES string of the molecule is C=CCCCCC[C@H](NC(=O)OCCCC=C)C(=O)N1C[C@H](Oc2cc(-c3ccccc3)nc3cc(OC)c(C=C)cc23)C[C@H]1C(=O)N[C@]1(C(=O)NS(=O)(=O)C2CC2)C[C@@H]1C=C. The van der Waals surface area contributed by atoms with Crippen LogP contribution in [0.3, 0.4) is 0 Å². The summed E-state index contributed by atoms with van der Waals surface area (Å²) in [4.78, 5) is 62.5. The Kier molecular flexibility index (Phi) is 14.9. The molecule has 0 spiro atoms. The standard InChI is InChI=1S/C47H57N5O9S/c1-6-10-12-13-17-21-37(49-46(56)60-24-18-11-7-2)44(54)52-30-34(26-40(52)43(53)50-47(29-33(47)9-4)45(55)51-62(57,58)35-22-23-35)61-42-27-38(32-19-15-14-16-20-32)48-39-28-41(59-5)31(8-3)25-36(39)42/h6-9,14-16,19-20,25,27-28,33-35,37,40H,1-4,10-13,17-18,21-24,26,29-30H2,5H3,(H,49,56)(H,50,53)(H,51,55)/t33-,34+,37-,40-,47+/m0/s1. The van der Waals surface area contributed by atoms with Crippen LogP contribution in [0.15, 0.2) is 93.1 Å². The van der Waals surface area contributed by atoms with Crippen molar-refractivity contribution >= 4 is 50.8 Å². The minimum absolute atomic E-state index is 0.00140. The molecule has 1 saturated heterocycles. The van der Waals surface area contributed by atoms with Gasteiger partial charge < -0.3 is 29.7 Å². The molecular formula is C47H57N5O9S. The van der Waals surface area contributed by atoms with Gasteiger partial charge in [-0.05, 0) is 57.4 Å². The molecule has 6 rings (SSSR count). The van der Waals surface area contributed by atoms with Gasteiger partial charge in [0.1, 0.15) is 35.2 Å². The highest BCUT2D eigenvalue weighted by Gasteiger charge is 2.62. The number of nitrogens with zero attached hydrogens (tertiary/aromatic N) is 2. The van der Waals surface area contributed by atoms with Crippen LogP contribution in [-0.4, -0.2) is 91.4 Å². The second-order valence-electron chi connectivity index (χ2n) is 16.0. The van der Waals surface area contributed by atoms with Crippen molar-refractivity contribution < 1.29 is 41.8 Å². The number of carbonyl (C=O) groups excluding carboxylic acids is 4. The van der Waals surface area contributed by atoms with Gasteiger partial charge in [-0.15, -0.1) is 19.7 Å². The summed E-state index contributed by atoms with van der Waals surface area (Å²) in [6, 6.07) is 12.8. The Balaban J connectivity index is 1.34. The lowest BCUT2D eigenvalue weighted by atomic mass is 10.0. The summed E-state index contributed by atoms with van der Waals surface area (Å²) in [6.45, 7) is 15.3. The first kappa shape index (κ1) is 45.6. The molecule has 62 heavy (non-hydrogen) atoms. The third-order valence-corrected chi connectivity index (χ3v) is 13.4. The predicted molar refractivity (Wildman–Crippen MR) is 239 cm³/mol. The van der Waals surface area contributed by atoms with E-state index in [4.69, 9.17) is 19.2 Å². The number of carbonyl (C=O) groups is 4. The lowest BCUT2D eigenvalue weighted by Crippen LogP contribution is -2.58. The van der Waals surface area contributed by atoms with Crippen LogP contribution >= 0.6 is 0 Å². The lowest BCUT2D eigenvalue weighted by molar-refractivity contribution is -0.141. The largest absolute Gasteiger partial charge is 0.496 e. The molecule has 3 aromatic rings. The summed E-state index contributed by atoms with van der Waals surface area (Å²) in [6.07, 6.45) is 10.7. The molecule has 1 aromatic heterocycles. The molecule has 3 aliphatic rings. The fourth-order valence-electron chi connectivity index (χ4n) is 7.85. The van der Waals surface area contributed by atoms with E-state index in [2.05, 4.69) is 41.7 Å². The summed E-state index contributed by atoms with van der Waals surface area (Å²) in [7, 11) is -2.37. The molecule has 2 aromatic carbocycles. The number of aromatic nitrogens is 1. The predicted octanol–water partition coefficient (Wildman–Crippen LogP) is 6.77. The normalized spacial score (nSPS) is 20.9. The molecular weight excluding hydrogens is 811 g/mol. The number of fused-ring (bicyclic) bond motifs is 1. The second kappa shape index (κ2) is 20.3. The molecule has 5 atom stereocenters. The lowest BCUT2D eigenvalue weighted by Gasteiger charge is -2.29. The van der Waals surface area contributed by atoms with Gasteiger partial charge in [-0.2, -0.15) is 0 Å². The van der Waals surface area contributed by atoms with Crippen LogP contribution < -0.4 is 24.8 Å². The first-order chi connectivity index (χ1) is 29.9. The van der Waals surface area contributed by atoms with Gasteiger partial charge in [-0.3, -0.25) is 19.1 Å². The van der Waals surface area contributed by atoms with E-state index in [0.717, 1.165) is 24.8 Å². The molecule has 2 heterocycles. The Labute approximate surface area is 363 Å². The number of likely N-dealkylation sites (tertiary alicyclic amines) is 1. The number of methoxy groups -OCH3 is 1. The van der Waals surface area contributed by atoms with Crippen molar-refractivity contribution in [3.63, 3.8) is 0 Å². The first-order valence-corrected chi connectivity index (χ1v) is 22.8. The van der Waals surface area contributed by atoms with E-state index in [1.54, 1.807) is 25.3 Å². The molecule has 14 nitrogen and oxygen atoms in total. The number of rotatable bonds is 23. The van der Waals surface area contributed by atoms with Crippen molar-refractivity contribution in [1.29, 1.82) is 0 Å². The van der Waals surface area contributed by atoms with Crippen LogP contribution in [0.2, 0.25) is 0 Å². The fourth-order valence-corrected chi connectivity index (χ4v) is 9.22. The number of hydrogen-bond acceptors (Lipinski definition) is 10. The van der Waals surface area contributed by atoms with Gasteiger partial charge in [0.05, 0.1) is 36.7 Å². The number of unbranched alkanes of at least 4 members (excludes halogenated alkanes) is 4. The number of pyridine rings is 1. The highest BCUT2D eigenvalue weighted by atomic mass is 32.2. The van der Waals surface area contributed by atoms with E-state index in [-0.39, 0.29) is 32.4 Å². The number of nitrogens with one attached hydrogen (secondary N) is 3. The van der Waals surface area contributed by atoms with E-state index in [1.165, 1.54) is 11.0 Å². The number of ether oxygens (including phenoxy) is 3. The molecule has 0 unspecified atom stereocenters. The Morgan fingerprint density at radius 3 is 2.37 bits per heavy atom. The Morgan fingerprint density at radius 2 is 1.71 bits per heavy atom. The number of amides is 4. The molecule has 3 N–H and O–H groups in total. The highest BCUT2D eigenvalue weighted by molar-refractivity contribution is 7.91. The Morgan fingerprint density at radius 1 is 0.968 bits per heavy atom. The summed E-state index contributed by atoms with van der Waals surface area (Å²) >= 11 is 0. The molecule has 0 bridgehead atoms. The zero-order valence-electron chi connectivity index (χ0n) is 35.3. The molecule has 3 fully saturated rings. The Bertz CT molecular complexity index is 2300. The molecule has 2 aliphatic carbocycles. The van der Waals surface area contributed by atoms with Crippen molar-refractivity contribution in [2.45, 2.75) is 99.6 Å². The maximum Gasteiger partial charge on any atom is 0.407 e. The number of allylic oxidation sites excluding steroid dienone is 2. The van der Waals surface area contributed by atoms with E-state index >= 15 is 0 Å². The summed E-state index contributed by atoms with van der Waals surface area (Å²) < 4.78 is 45.7. The quantitative estimate of drug-likeness (QED) is 0.0680. The number of alkyl carbamates (subject to hydrolysis) is 1. The number of sulfonamides is 1. The van der Waals surface area contributed by atoms with Gasteiger partial charge in [0.2, 0.25) is 21.8 Å². The molecule has 330 valence electrons. The molecule has 2 saturated carbocycles. The van der Waals surface area contributed by atoms with Crippen molar-refractivity contribution in [3.05, 3.63) is 98.6 Å². The molecule has 4 amide bonds. The molecule has 1 aliphatic heterocycles. The average molecular weight is 868 g/mol. The number of hydrogen-bond donors (Lipinski definition) is 3. The van der Waals surface area contributed by atoms with E-state index in [0.29, 0.717) is 65.8 Å². The zero-order valence-corrected chi connectivity index (χ0v) is 36.1.